The maximum absolute atomic E-state index is 14.2. The molecule has 1 atom stereocenters. The molecular formula is C16H19ClFNS. The van der Waals surface area contributed by atoms with Crippen LogP contribution >= 0.6 is 22.9 Å². The van der Waals surface area contributed by atoms with Crippen LogP contribution in [0.5, 0.6) is 0 Å². The second-order valence-corrected chi connectivity index (χ2v) is 6.76. The van der Waals surface area contributed by atoms with E-state index in [1.807, 2.05) is 0 Å². The van der Waals surface area contributed by atoms with Crippen molar-refractivity contribution in [3.63, 3.8) is 0 Å². The molecule has 1 aromatic heterocycles. The Morgan fingerprint density at radius 3 is 2.65 bits per heavy atom. The number of nitrogens with one attached hydrogen (secondary N) is 1. The van der Waals surface area contributed by atoms with Gasteiger partial charge < -0.3 is 5.32 Å². The van der Waals surface area contributed by atoms with Crippen molar-refractivity contribution in [3.05, 3.63) is 56.0 Å². The molecule has 1 unspecified atom stereocenters. The summed E-state index contributed by atoms with van der Waals surface area (Å²) in [5.41, 5.74) is 1.66. The molecule has 1 aromatic carbocycles. The second kappa shape index (κ2) is 6.70. The summed E-state index contributed by atoms with van der Waals surface area (Å²) < 4.78 is 14.2. The highest BCUT2D eigenvalue weighted by Crippen LogP contribution is 2.35. The standard InChI is InChI=1S/C16H19ClFNS/c1-4-8-19-16(12-9-10(2)20-11(12)3)15-13(17)6-5-7-14(15)18/h5-7,9,16,19H,4,8H2,1-3H3. The Kier molecular flexibility index (Phi) is 5.19. The number of hydrogen-bond acceptors (Lipinski definition) is 2. The molecule has 2 aromatic rings. The maximum Gasteiger partial charge on any atom is 0.129 e. The van der Waals surface area contributed by atoms with Gasteiger partial charge in [-0.3, -0.25) is 0 Å². The minimum Gasteiger partial charge on any atom is -0.306 e. The third-order valence-corrected chi connectivity index (χ3v) is 4.59. The van der Waals surface area contributed by atoms with Crippen molar-refractivity contribution in [2.75, 3.05) is 6.54 Å². The van der Waals surface area contributed by atoms with Crippen LogP contribution in [0.25, 0.3) is 0 Å². The molecular weight excluding hydrogens is 293 g/mol. The molecule has 4 heteroatoms. The molecule has 0 aliphatic carbocycles. The fraction of sp³-hybridized carbons (Fsp3) is 0.375. The Hall–Kier alpha value is -0.900. The van der Waals surface area contributed by atoms with Crippen molar-refractivity contribution in [1.82, 2.24) is 5.32 Å². The zero-order chi connectivity index (χ0) is 14.7. The maximum atomic E-state index is 14.2. The Morgan fingerprint density at radius 2 is 2.10 bits per heavy atom. The van der Waals surface area contributed by atoms with E-state index >= 15 is 0 Å². The molecule has 1 nitrogen and oxygen atoms in total. The van der Waals surface area contributed by atoms with E-state index in [1.54, 1.807) is 23.5 Å². The van der Waals surface area contributed by atoms with Crippen LogP contribution in [0.1, 0.15) is 40.3 Å². The van der Waals surface area contributed by atoms with E-state index in [0.717, 1.165) is 18.5 Å². The normalized spacial score (nSPS) is 12.7. The summed E-state index contributed by atoms with van der Waals surface area (Å²) in [5.74, 6) is -0.255. The minimum absolute atomic E-state index is 0.186. The van der Waals surface area contributed by atoms with Crippen molar-refractivity contribution < 1.29 is 4.39 Å². The van der Waals surface area contributed by atoms with Crippen molar-refractivity contribution in [2.24, 2.45) is 0 Å². The summed E-state index contributed by atoms with van der Waals surface area (Å²) in [6, 6.07) is 6.79. The molecule has 0 amide bonds. The lowest BCUT2D eigenvalue weighted by Crippen LogP contribution is -2.24. The lowest BCUT2D eigenvalue weighted by atomic mass is 9.98. The van der Waals surface area contributed by atoms with E-state index in [-0.39, 0.29) is 11.9 Å². The second-order valence-electron chi connectivity index (χ2n) is 4.89. The molecule has 1 N–H and O–H groups in total. The van der Waals surface area contributed by atoms with Gasteiger partial charge in [-0.2, -0.15) is 0 Å². The molecule has 0 fully saturated rings. The van der Waals surface area contributed by atoms with Crippen LogP contribution in [0, 0.1) is 19.7 Å². The summed E-state index contributed by atoms with van der Waals surface area (Å²) >= 11 is 7.97. The number of benzene rings is 1. The Labute approximate surface area is 128 Å². The number of aryl methyl sites for hydroxylation is 2. The predicted octanol–water partition coefficient (Wildman–Crippen LogP) is 5.25. The Bertz CT molecular complexity index is 574. The van der Waals surface area contributed by atoms with Gasteiger partial charge in [0.25, 0.3) is 0 Å². The van der Waals surface area contributed by atoms with Gasteiger partial charge in [-0.05, 0) is 50.6 Å². The summed E-state index contributed by atoms with van der Waals surface area (Å²) in [7, 11) is 0. The molecule has 20 heavy (non-hydrogen) atoms. The van der Waals surface area contributed by atoms with Crippen LogP contribution in [-0.2, 0) is 0 Å². The number of thiophene rings is 1. The van der Waals surface area contributed by atoms with Gasteiger partial charge in [-0.25, -0.2) is 4.39 Å². The Balaban J connectivity index is 2.50. The highest BCUT2D eigenvalue weighted by atomic mass is 35.5. The molecule has 2 rings (SSSR count). The summed E-state index contributed by atoms with van der Waals surface area (Å²) in [5, 5.41) is 3.89. The van der Waals surface area contributed by atoms with Crippen LogP contribution in [-0.4, -0.2) is 6.54 Å². The number of rotatable bonds is 5. The quantitative estimate of drug-likeness (QED) is 0.795. The van der Waals surface area contributed by atoms with Crippen LogP contribution in [0.3, 0.4) is 0 Å². The highest BCUT2D eigenvalue weighted by Gasteiger charge is 2.23. The minimum atomic E-state index is -0.255. The molecule has 108 valence electrons. The summed E-state index contributed by atoms with van der Waals surface area (Å²) in [4.78, 5) is 2.43. The van der Waals surface area contributed by atoms with E-state index in [4.69, 9.17) is 11.6 Å². The highest BCUT2D eigenvalue weighted by molar-refractivity contribution is 7.12. The van der Waals surface area contributed by atoms with Gasteiger partial charge in [-0.1, -0.05) is 24.6 Å². The van der Waals surface area contributed by atoms with Gasteiger partial charge in [0.05, 0.1) is 6.04 Å². The van der Waals surface area contributed by atoms with E-state index in [0.29, 0.717) is 10.6 Å². The van der Waals surface area contributed by atoms with Gasteiger partial charge in [0, 0.05) is 20.3 Å². The number of hydrogen-bond donors (Lipinski definition) is 1. The SMILES string of the molecule is CCCNC(c1cc(C)sc1C)c1c(F)cccc1Cl. The first kappa shape index (κ1) is 15.5. The molecule has 0 saturated heterocycles. The van der Waals surface area contributed by atoms with E-state index < -0.39 is 0 Å². The lowest BCUT2D eigenvalue weighted by molar-refractivity contribution is 0.546. The fourth-order valence-corrected chi connectivity index (χ4v) is 3.62. The van der Waals surface area contributed by atoms with Crippen LogP contribution in [0.2, 0.25) is 5.02 Å². The van der Waals surface area contributed by atoms with Gasteiger partial charge >= 0.3 is 0 Å². The van der Waals surface area contributed by atoms with Gasteiger partial charge in [0.2, 0.25) is 0 Å². The van der Waals surface area contributed by atoms with Crippen molar-refractivity contribution in [1.29, 1.82) is 0 Å². The van der Waals surface area contributed by atoms with Gasteiger partial charge in [-0.15, -0.1) is 11.3 Å². The average Bonchev–Trinajstić information content (AvgIpc) is 2.72. The molecule has 0 bridgehead atoms. The van der Waals surface area contributed by atoms with E-state index in [9.17, 15) is 4.39 Å². The molecule has 0 aliphatic rings. The molecule has 0 radical (unpaired) electrons. The first-order chi connectivity index (χ1) is 9.54. The molecule has 1 heterocycles. The molecule has 0 saturated carbocycles. The van der Waals surface area contributed by atoms with Gasteiger partial charge in [0.15, 0.2) is 0 Å². The monoisotopic (exact) mass is 311 g/mol. The Morgan fingerprint density at radius 1 is 1.35 bits per heavy atom. The number of halogens is 2. The molecule has 0 aliphatic heterocycles. The zero-order valence-corrected chi connectivity index (χ0v) is 13.5. The van der Waals surface area contributed by atoms with E-state index in [1.165, 1.54) is 15.8 Å². The lowest BCUT2D eigenvalue weighted by Gasteiger charge is -2.21. The van der Waals surface area contributed by atoms with Crippen molar-refractivity contribution >= 4 is 22.9 Å². The summed E-state index contributed by atoms with van der Waals surface area (Å²) in [6.45, 7) is 7.06. The van der Waals surface area contributed by atoms with Crippen molar-refractivity contribution in [2.45, 2.75) is 33.2 Å². The zero-order valence-electron chi connectivity index (χ0n) is 12.0. The predicted molar refractivity (Wildman–Crippen MR) is 85.3 cm³/mol. The third-order valence-electron chi connectivity index (χ3n) is 3.28. The van der Waals surface area contributed by atoms with Crippen LogP contribution < -0.4 is 5.32 Å². The third kappa shape index (κ3) is 3.22. The average molecular weight is 312 g/mol. The van der Waals surface area contributed by atoms with Gasteiger partial charge in [0.1, 0.15) is 5.82 Å². The smallest absolute Gasteiger partial charge is 0.129 e. The van der Waals surface area contributed by atoms with Crippen LogP contribution in [0.15, 0.2) is 24.3 Å². The van der Waals surface area contributed by atoms with Crippen LogP contribution in [0.4, 0.5) is 4.39 Å². The fourth-order valence-electron chi connectivity index (χ4n) is 2.38. The van der Waals surface area contributed by atoms with E-state index in [2.05, 4.69) is 32.2 Å². The topological polar surface area (TPSA) is 12.0 Å². The van der Waals surface area contributed by atoms with Crippen molar-refractivity contribution in [3.8, 4) is 0 Å². The molecule has 0 spiro atoms. The summed E-state index contributed by atoms with van der Waals surface area (Å²) in [6.07, 6.45) is 0.991. The largest absolute Gasteiger partial charge is 0.306 e. The first-order valence-electron chi connectivity index (χ1n) is 6.78. The first-order valence-corrected chi connectivity index (χ1v) is 7.98.